The average molecular weight is 266 g/mol. The number of nitrogens with two attached hydrogens (primary N) is 1. The fourth-order valence-electron chi connectivity index (χ4n) is 1.33. The Morgan fingerprint density at radius 2 is 1.78 bits per heavy atom. The van der Waals surface area contributed by atoms with Crippen LogP contribution in [0.15, 0.2) is 48.5 Å². The van der Waals surface area contributed by atoms with E-state index in [-0.39, 0.29) is 29.6 Å². The van der Waals surface area contributed by atoms with Crippen molar-refractivity contribution in [1.82, 2.24) is 0 Å². The topological polar surface area (TPSA) is 72.5 Å². The number of esters is 1. The van der Waals surface area contributed by atoms with E-state index >= 15 is 0 Å². The van der Waals surface area contributed by atoms with Crippen LogP contribution in [0, 0.1) is 0 Å². The molecule has 0 aliphatic rings. The first-order valence-corrected chi connectivity index (χ1v) is 5.02. The molecule has 0 spiro atoms. The van der Waals surface area contributed by atoms with Gasteiger partial charge in [0.05, 0.1) is 11.3 Å². The highest BCUT2D eigenvalue weighted by atomic mass is 35.5. The summed E-state index contributed by atoms with van der Waals surface area (Å²) in [6.07, 6.45) is 0. The first-order valence-electron chi connectivity index (χ1n) is 5.02. The fourth-order valence-corrected chi connectivity index (χ4v) is 1.33. The highest BCUT2D eigenvalue weighted by Crippen LogP contribution is 2.25. The summed E-state index contributed by atoms with van der Waals surface area (Å²) in [5.74, 6) is -0.330. The zero-order valence-electron chi connectivity index (χ0n) is 9.37. The summed E-state index contributed by atoms with van der Waals surface area (Å²) >= 11 is 0. The number of rotatable bonds is 2. The normalized spacial score (nSPS) is 9.33. The number of hydrogen-bond donors (Lipinski definition) is 2. The third-order valence-corrected chi connectivity index (χ3v) is 2.22. The monoisotopic (exact) mass is 265 g/mol. The highest BCUT2D eigenvalue weighted by Gasteiger charge is 2.08. The summed E-state index contributed by atoms with van der Waals surface area (Å²) in [5, 5.41) is 9.37. The Bertz CT molecular complexity index is 543. The molecule has 0 unspecified atom stereocenters. The van der Waals surface area contributed by atoms with Gasteiger partial charge in [0.15, 0.2) is 0 Å². The number of carbonyl (C=O) groups is 1. The van der Waals surface area contributed by atoms with Gasteiger partial charge in [-0.25, -0.2) is 4.79 Å². The Labute approximate surface area is 110 Å². The second-order valence-corrected chi connectivity index (χ2v) is 3.48. The lowest BCUT2D eigenvalue weighted by atomic mass is 10.2. The predicted molar refractivity (Wildman–Crippen MR) is 71.2 cm³/mol. The van der Waals surface area contributed by atoms with Crippen LogP contribution in [0.4, 0.5) is 5.69 Å². The highest BCUT2D eigenvalue weighted by molar-refractivity contribution is 5.91. The molecule has 5 heteroatoms. The minimum atomic E-state index is -0.477. The van der Waals surface area contributed by atoms with Crippen molar-refractivity contribution in [2.75, 3.05) is 5.73 Å². The standard InChI is InChI=1S/C13H11NO3.ClH/c14-11-7-6-10(8-12(11)15)17-13(16)9-4-2-1-3-5-9;/h1-8,15H,14H2;1H. The van der Waals surface area contributed by atoms with Gasteiger partial charge in [-0.15, -0.1) is 12.4 Å². The molecule has 3 N–H and O–H groups in total. The maximum Gasteiger partial charge on any atom is 0.343 e. The number of phenols is 1. The van der Waals surface area contributed by atoms with Gasteiger partial charge >= 0.3 is 5.97 Å². The molecular weight excluding hydrogens is 254 g/mol. The van der Waals surface area contributed by atoms with Gasteiger partial charge in [-0.05, 0) is 24.3 Å². The maximum atomic E-state index is 11.7. The predicted octanol–water partition coefficient (Wildman–Crippen LogP) is 2.62. The minimum Gasteiger partial charge on any atom is -0.506 e. The van der Waals surface area contributed by atoms with E-state index in [2.05, 4.69) is 0 Å². The van der Waals surface area contributed by atoms with Crippen LogP contribution in [-0.4, -0.2) is 11.1 Å². The van der Waals surface area contributed by atoms with E-state index in [1.54, 1.807) is 24.3 Å². The van der Waals surface area contributed by atoms with Crippen LogP contribution in [-0.2, 0) is 0 Å². The summed E-state index contributed by atoms with van der Waals surface area (Å²) in [5.41, 5.74) is 6.13. The number of carbonyl (C=O) groups excluding carboxylic acids is 1. The molecule has 18 heavy (non-hydrogen) atoms. The van der Waals surface area contributed by atoms with Crippen molar-refractivity contribution in [2.45, 2.75) is 0 Å². The quantitative estimate of drug-likeness (QED) is 0.379. The average Bonchev–Trinajstić information content (AvgIpc) is 2.35. The van der Waals surface area contributed by atoms with E-state index in [4.69, 9.17) is 10.5 Å². The second-order valence-electron chi connectivity index (χ2n) is 3.48. The lowest BCUT2D eigenvalue weighted by molar-refractivity contribution is 0.0734. The van der Waals surface area contributed by atoms with Crippen LogP contribution in [0.1, 0.15) is 10.4 Å². The van der Waals surface area contributed by atoms with Gasteiger partial charge in [0.1, 0.15) is 11.5 Å². The molecule has 2 aromatic rings. The molecule has 0 aliphatic carbocycles. The number of benzene rings is 2. The van der Waals surface area contributed by atoms with Gasteiger partial charge in [-0.3, -0.25) is 0 Å². The van der Waals surface area contributed by atoms with Gasteiger partial charge in [0.25, 0.3) is 0 Å². The summed E-state index contributed by atoms with van der Waals surface area (Å²) in [4.78, 5) is 11.7. The van der Waals surface area contributed by atoms with Gasteiger partial charge in [0, 0.05) is 6.07 Å². The smallest absolute Gasteiger partial charge is 0.343 e. The molecule has 0 atom stereocenters. The first kappa shape index (κ1) is 13.9. The van der Waals surface area contributed by atoms with Crippen molar-refractivity contribution < 1.29 is 14.6 Å². The van der Waals surface area contributed by atoms with Gasteiger partial charge < -0.3 is 15.6 Å². The number of nitrogen functional groups attached to an aromatic ring is 1. The third kappa shape index (κ3) is 3.15. The van der Waals surface area contributed by atoms with Gasteiger partial charge in [-0.2, -0.15) is 0 Å². The molecule has 0 radical (unpaired) electrons. The summed E-state index contributed by atoms with van der Waals surface area (Å²) in [7, 11) is 0. The lowest BCUT2D eigenvalue weighted by Gasteiger charge is -2.05. The van der Waals surface area contributed by atoms with Crippen LogP contribution in [0.5, 0.6) is 11.5 Å². The van der Waals surface area contributed by atoms with E-state index in [1.807, 2.05) is 6.07 Å². The van der Waals surface area contributed by atoms with Crippen molar-refractivity contribution in [3.05, 3.63) is 54.1 Å². The van der Waals surface area contributed by atoms with Gasteiger partial charge in [-0.1, -0.05) is 18.2 Å². The van der Waals surface area contributed by atoms with Crippen molar-refractivity contribution in [3.8, 4) is 11.5 Å². The Hall–Kier alpha value is -2.20. The number of halogens is 1. The Kier molecular flexibility index (Phi) is 4.57. The number of phenolic OH excluding ortho intramolecular Hbond substituents is 1. The number of aromatic hydroxyl groups is 1. The summed E-state index contributed by atoms with van der Waals surface area (Å²) in [6.45, 7) is 0. The molecule has 0 amide bonds. The van der Waals surface area contributed by atoms with Crippen molar-refractivity contribution in [3.63, 3.8) is 0 Å². The van der Waals surface area contributed by atoms with Crippen LogP contribution < -0.4 is 10.5 Å². The van der Waals surface area contributed by atoms with Crippen molar-refractivity contribution in [1.29, 1.82) is 0 Å². The van der Waals surface area contributed by atoms with E-state index in [9.17, 15) is 9.90 Å². The molecule has 0 aliphatic heterocycles. The molecule has 0 fully saturated rings. The molecule has 94 valence electrons. The van der Waals surface area contributed by atoms with Crippen LogP contribution in [0.2, 0.25) is 0 Å². The molecule has 0 saturated heterocycles. The van der Waals surface area contributed by atoms with E-state index in [0.29, 0.717) is 5.56 Å². The molecule has 4 nitrogen and oxygen atoms in total. The van der Waals surface area contributed by atoms with Crippen molar-refractivity contribution in [2.24, 2.45) is 0 Å². The number of hydrogen-bond acceptors (Lipinski definition) is 4. The van der Waals surface area contributed by atoms with E-state index in [1.165, 1.54) is 18.2 Å². The van der Waals surface area contributed by atoms with Crippen molar-refractivity contribution >= 4 is 24.1 Å². The van der Waals surface area contributed by atoms with Crippen LogP contribution >= 0.6 is 12.4 Å². The van der Waals surface area contributed by atoms with E-state index < -0.39 is 5.97 Å². The Morgan fingerprint density at radius 1 is 1.11 bits per heavy atom. The second kappa shape index (κ2) is 5.93. The fraction of sp³-hybridized carbons (Fsp3) is 0. The third-order valence-electron chi connectivity index (χ3n) is 2.22. The minimum absolute atomic E-state index is 0. The van der Waals surface area contributed by atoms with Crippen LogP contribution in [0.25, 0.3) is 0 Å². The molecule has 0 bridgehead atoms. The molecule has 0 saturated carbocycles. The first-order chi connectivity index (χ1) is 8.16. The molecular formula is C13H12ClNO3. The SMILES string of the molecule is Cl.Nc1ccc(OC(=O)c2ccccc2)cc1O. The van der Waals surface area contributed by atoms with E-state index in [0.717, 1.165) is 0 Å². The number of ether oxygens (including phenoxy) is 1. The lowest BCUT2D eigenvalue weighted by Crippen LogP contribution is -2.08. The molecule has 2 rings (SSSR count). The molecule has 0 heterocycles. The van der Waals surface area contributed by atoms with Gasteiger partial charge in [0.2, 0.25) is 0 Å². The molecule has 0 aromatic heterocycles. The zero-order valence-corrected chi connectivity index (χ0v) is 10.2. The molecule has 2 aromatic carbocycles. The van der Waals surface area contributed by atoms with Crippen LogP contribution in [0.3, 0.4) is 0 Å². The maximum absolute atomic E-state index is 11.7. The summed E-state index contributed by atoms with van der Waals surface area (Å²) < 4.78 is 5.08. The summed E-state index contributed by atoms with van der Waals surface area (Å²) in [6, 6.07) is 12.9. The zero-order chi connectivity index (χ0) is 12.3. The largest absolute Gasteiger partial charge is 0.506 e. The number of anilines is 1. The Morgan fingerprint density at radius 3 is 2.39 bits per heavy atom. The Balaban J connectivity index is 0.00000162.